The van der Waals surface area contributed by atoms with E-state index in [1.54, 1.807) is 39.1 Å². The number of nitrogens with one attached hydrogen (secondary N) is 4. The molecule has 1 aromatic carbocycles. The van der Waals surface area contributed by atoms with Crippen LogP contribution in [-0.4, -0.2) is 171 Å². The lowest BCUT2D eigenvalue weighted by Gasteiger charge is -2.36. The van der Waals surface area contributed by atoms with Gasteiger partial charge in [0.15, 0.2) is 0 Å². The van der Waals surface area contributed by atoms with Gasteiger partial charge in [0.2, 0.25) is 41.4 Å². The fourth-order valence-electron chi connectivity index (χ4n) is 8.75. The summed E-state index contributed by atoms with van der Waals surface area (Å²) in [5.41, 5.74) is -0.464. The Morgan fingerprint density at radius 1 is 0.956 bits per heavy atom. The van der Waals surface area contributed by atoms with Crippen LogP contribution in [0, 0.1) is 23.7 Å². The topological polar surface area (TPSA) is 199 Å². The summed E-state index contributed by atoms with van der Waals surface area (Å²) in [6, 6.07) is -1.74. The van der Waals surface area contributed by atoms with E-state index in [0.29, 0.717) is 67.3 Å². The summed E-state index contributed by atoms with van der Waals surface area (Å²) >= 11 is 12.9. The van der Waals surface area contributed by atoms with Gasteiger partial charge in [-0.05, 0) is 107 Å². The molecule has 68 heavy (non-hydrogen) atoms. The molecule has 2 aliphatic heterocycles. The fourth-order valence-corrected chi connectivity index (χ4v) is 9.14. The number of carbonyl (C=O) groups is 7. The molecule has 1 aromatic rings. The number of carbonyl (C=O) groups excluding carboxylic acids is 7. The van der Waals surface area contributed by atoms with E-state index in [1.165, 1.54) is 28.9 Å². The molecule has 7 amide bonds. The monoisotopic (exact) mass is 988 g/mol. The lowest BCUT2D eigenvalue weighted by Crippen LogP contribution is -2.61. The van der Waals surface area contributed by atoms with Crippen molar-refractivity contribution in [2.24, 2.45) is 11.3 Å². The van der Waals surface area contributed by atoms with E-state index in [1.807, 2.05) is 13.8 Å². The number of benzene rings is 1. The Morgan fingerprint density at radius 3 is 2.26 bits per heavy atom. The maximum atomic E-state index is 14.7. The summed E-state index contributed by atoms with van der Waals surface area (Å²) < 4.78 is 10.8. The minimum atomic E-state index is -1.21. The third-order valence-electron chi connectivity index (χ3n) is 13.1. The molecule has 378 valence electrons. The van der Waals surface area contributed by atoms with E-state index in [4.69, 9.17) is 39.1 Å². The Kier molecular flexibility index (Phi) is 22.3. The van der Waals surface area contributed by atoms with Crippen LogP contribution in [0.1, 0.15) is 97.5 Å². The van der Waals surface area contributed by atoms with Gasteiger partial charge in [0.05, 0.1) is 19.8 Å². The largest absolute Gasteiger partial charge is 0.382 e. The summed E-state index contributed by atoms with van der Waals surface area (Å²) in [6.07, 6.45) is 9.81. The van der Waals surface area contributed by atoms with Crippen LogP contribution in [0.15, 0.2) is 18.2 Å². The number of halogens is 2. The van der Waals surface area contributed by atoms with E-state index < -0.39 is 77.1 Å². The quantitative estimate of drug-likeness (QED) is 0.118. The molecule has 0 bridgehead atoms. The second kappa shape index (κ2) is 27.1. The number of amides is 7. The molecule has 3 aliphatic rings. The van der Waals surface area contributed by atoms with Crippen LogP contribution in [0.4, 0.5) is 0 Å². The first-order chi connectivity index (χ1) is 32.4. The van der Waals surface area contributed by atoms with Gasteiger partial charge in [-0.2, -0.15) is 0 Å². The molecule has 4 rings (SSSR count). The first-order valence-corrected chi connectivity index (χ1v) is 24.9. The summed E-state index contributed by atoms with van der Waals surface area (Å²) in [5, 5.41) is 12.2. The highest BCUT2D eigenvalue weighted by molar-refractivity contribution is 6.33. The Bertz CT molecular complexity index is 1960. The molecule has 0 spiro atoms. The molecular formula is C49H74Cl2N8O9. The van der Waals surface area contributed by atoms with Crippen molar-refractivity contribution in [1.82, 2.24) is 40.9 Å². The number of likely N-dealkylation sites (N-methyl/N-ethyl adjacent to an activating group) is 3. The van der Waals surface area contributed by atoms with Crippen molar-refractivity contribution < 1.29 is 43.0 Å². The van der Waals surface area contributed by atoms with Crippen LogP contribution in [0.5, 0.6) is 0 Å². The smallest absolute Gasteiger partial charge is 0.247 e. The number of terminal acetylenes is 1. The predicted molar refractivity (Wildman–Crippen MR) is 260 cm³/mol. The van der Waals surface area contributed by atoms with Crippen LogP contribution in [-0.2, 0) is 49.5 Å². The summed E-state index contributed by atoms with van der Waals surface area (Å²) in [4.78, 5) is 106. The van der Waals surface area contributed by atoms with Crippen molar-refractivity contribution >= 4 is 64.6 Å². The van der Waals surface area contributed by atoms with Crippen molar-refractivity contribution in [2.75, 3.05) is 73.7 Å². The Balaban J connectivity index is 1.64. The third kappa shape index (κ3) is 15.8. The molecule has 19 heteroatoms. The molecule has 17 nitrogen and oxygen atoms in total. The van der Waals surface area contributed by atoms with Gasteiger partial charge in [0.1, 0.15) is 41.7 Å². The maximum absolute atomic E-state index is 14.7. The number of methoxy groups -OCH3 is 1. The summed E-state index contributed by atoms with van der Waals surface area (Å²) in [5.74, 6) is -1.15. The Labute approximate surface area is 412 Å². The van der Waals surface area contributed by atoms with Gasteiger partial charge in [0.25, 0.3) is 0 Å². The molecule has 0 aromatic heterocycles. The highest BCUT2D eigenvalue weighted by Gasteiger charge is 2.49. The van der Waals surface area contributed by atoms with E-state index in [9.17, 15) is 33.6 Å². The lowest BCUT2D eigenvalue weighted by atomic mass is 9.98. The highest BCUT2D eigenvalue weighted by atomic mass is 35.5. The van der Waals surface area contributed by atoms with Crippen LogP contribution in [0.2, 0.25) is 10.0 Å². The zero-order valence-corrected chi connectivity index (χ0v) is 42.5. The molecule has 6 atom stereocenters. The van der Waals surface area contributed by atoms with E-state index in [0.717, 1.165) is 26.1 Å². The zero-order chi connectivity index (χ0) is 50.1. The second-order valence-electron chi connectivity index (χ2n) is 18.7. The molecule has 0 radical (unpaired) electrons. The molecule has 4 N–H and O–H groups in total. The number of morpholine rings is 1. The van der Waals surface area contributed by atoms with Crippen molar-refractivity contribution in [3.05, 3.63) is 33.8 Å². The minimum absolute atomic E-state index is 0.0752. The number of ether oxygens (including phenoxy) is 2. The van der Waals surface area contributed by atoms with Gasteiger partial charge in [-0.25, -0.2) is 0 Å². The van der Waals surface area contributed by atoms with Crippen molar-refractivity contribution in [3.63, 3.8) is 0 Å². The molecular weight excluding hydrogens is 915 g/mol. The first-order valence-electron chi connectivity index (χ1n) is 24.1. The molecule has 2 heterocycles. The van der Waals surface area contributed by atoms with Crippen molar-refractivity contribution in [2.45, 2.75) is 135 Å². The number of rotatable bonds is 19. The molecule has 1 aliphatic carbocycles. The number of hydrogen-bond donors (Lipinski definition) is 4. The van der Waals surface area contributed by atoms with Gasteiger partial charge >= 0.3 is 0 Å². The second-order valence-corrected chi connectivity index (χ2v) is 19.5. The standard InChI is InChI=1S/C49H74Cl2N8O9/c1-9-36(52-42(60)37(55-48(66)49(10-2)20-21-49)16-12-15-23-58-24-26-68-27-25-58)47(65)59(11-3)40-17-13-14-22-56(6)45(63)39(31-67-8)54-44(62)41(30-33-29-34(50)18-19-35(33)51)57(7)46(64)38(28-32(4)5)53-43(40)61/h2,18-19,29,32,36-41H,9,11-17,20-28,30-31H2,1,3-8H3,(H,52,60)(H,53,61)(H,54,62)(H,55,66)/t36-,37-,38-,39+,40-,41-/m0/s1. The van der Waals surface area contributed by atoms with Gasteiger partial charge in [-0.15, -0.1) is 6.42 Å². The van der Waals surface area contributed by atoms with Crippen LogP contribution in [0.3, 0.4) is 0 Å². The Hall–Kier alpha value is -4.47. The zero-order valence-electron chi connectivity index (χ0n) is 41.0. The predicted octanol–water partition coefficient (Wildman–Crippen LogP) is 3.18. The normalized spacial score (nSPS) is 23.0. The van der Waals surface area contributed by atoms with Gasteiger partial charge in [0, 0.05) is 63.9 Å². The highest BCUT2D eigenvalue weighted by Crippen LogP contribution is 2.45. The van der Waals surface area contributed by atoms with Crippen molar-refractivity contribution in [1.29, 1.82) is 0 Å². The van der Waals surface area contributed by atoms with Gasteiger partial charge in [-0.3, -0.25) is 38.5 Å². The van der Waals surface area contributed by atoms with Crippen molar-refractivity contribution in [3.8, 4) is 12.3 Å². The Morgan fingerprint density at radius 2 is 1.65 bits per heavy atom. The fraction of sp³-hybridized carbons (Fsp3) is 0.694. The number of unbranched alkanes of at least 4 members (excludes halogenated alkanes) is 1. The van der Waals surface area contributed by atoms with E-state index >= 15 is 0 Å². The number of hydrogen-bond acceptors (Lipinski definition) is 10. The van der Waals surface area contributed by atoms with Gasteiger partial charge in [-0.1, -0.05) is 49.9 Å². The van der Waals surface area contributed by atoms with E-state index in [2.05, 4.69) is 32.1 Å². The summed E-state index contributed by atoms with van der Waals surface area (Å²) in [7, 11) is 4.48. The average Bonchev–Trinajstić information content (AvgIpc) is 4.13. The third-order valence-corrected chi connectivity index (χ3v) is 13.7. The van der Waals surface area contributed by atoms with E-state index in [-0.39, 0.29) is 57.2 Å². The van der Waals surface area contributed by atoms with Gasteiger partial charge < -0.3 is 45.4 Å². The average molecular weight is 990 g/mol. The summed E-state index contributed by atoms with van der Waals surface area (Å²) in [6.45, 7) is 11.3. The molecule has 1 saturated carbocycles. The lowest BCUT2D eigenvalue weighted by molar-refractivity contribution is -0.147. The SMILES string of the molecule is C#CC1(C(=O)N[C@@H](CCCCN2CCOCC2)C(=O)N[C@@H](CC)C(=O)N(CC)[C@H]2CCCCN(C)C(=O)[C@@H](COC)NC(=O)[C@H](Cc3cc(Cl)ccc3Cl)N(C)C(=O)[C@H](CC(C)C)NC2=O)CC1. The van der Waals surface area contributed by atoms with Crippen LogP contribution < -0.4 is 21.3 Å². The first kappa shape index (κ1) is 56.1. The maximum Gasteiger partial charge on any atom is 0.247 e. The van der Waals surface area contributed by atoms with Crippen LogP contribution >= 0.6 is 23.2 Å². The minimum Gasteiger partial charge on any atom is -0.382 e. The number of nitrogens with zero attached hydrogens (tertiary/aromatic N) is 4. The molecule has 3 fully saturated rings. The molecule has 2 saturated heterocycles. The molecule has 0 unspecified atom stereocenters. The van der Waals surface area contributed by atoms with Crippen LogP contribution in [0.25, 0.3) is 0 Å².